The molecule has 60 valence electrons. The number of carbonyl (C=O) groups is 1. The van der Waals surface area contributed by atoms with Gasteiger partial charge in [-0.2, -0.15) is 5.10 Å². The maximum absolute atomic E-state index is 10.9. The Labute approximate surface area is 66.0 Å². The van der Waals surface area contributed by atoms with Gasteiger partial charge in [-0.05, 0) is 26.8 Å². The van der Waals surface area contributed by atoms with Gasteiger partial charge in [0.05, 0.1) is 5.69 Å². The molecule has 0 N–H and O–H groups in total. The standard InChI is InChI=1S/C8H12N2O/c1-6-4-5-10(9-6)7(2)8(3)11/h4-5,7H,1-3H3. The lowest BCUT2D eigenvalue weighted by Crippen LogP contribution is -2.13. The van der Waals surface area contributed by atoms with Crippen LogP contribution in [0, 0.1) is 6.92 Å². The summed E-state index contributed by atoms with van der Waals surface area (Å²) in [6.45, 7) is 5.32. The quantitative estimate of drug-likeness (QED) is 0.641. The van der Waals surface area contributed by atoms with Crippen molar-refractivity contribution in [3.05, 3.63) is 18.0 Å². The van der Waals surface area contributed by atoms with Gasteiger partial charge in [-0.25, -0.2) is 0 Å². The molecule has 0 saturated heterocycles. The number of hydrogen-bond donors (Lipinski definition) is 0. The SMILES string of the molecule is CC(=O)C(C)n1ccc(C)n1. The topological polar surface area (TPSA) is 34.9 Å². The molecule has 1 unspecified atom stereocenters. The summed E-state index contributed by atoms with van der Waals surface area (Å²) >= 11 is 0. The summed E-state index contributed by atoms with van der Waals surface area (Å²) in [5.74, 6) is 0.133. The Morgan fingerprint density at radius 2 is 2.36 bits per heavy atom. The van der Waals surface area contributed by atoms with E-state index in [-0.39, 0.29) is 11.8 Å². The maximum Gasteiger partial charge on any atom is 0.154 e. The van der Waals surface area contributed by atoms with Gasteiger partial charge in [0, 0.05) is 6.20 Å². The van der Waals surface area contributed by atoms with Crippen LogP contribution >= 0.6 is 0 Å². The van der Waals surface area contributed by atoms with Gasteiger partial charge in [-0.3, -0.25) is 9.48 Å². The van der Waals surface area contributed by atoms with Crippen molar-refractivity contribution >= 4 is 5.78 Å². The minimum absolute atomic E-state index is 0.133. The highest BCUT2D eigenvalue weighted by Crippen LogP contribution is 2.05. The number of rotatable bonds is 2. The average Bonchev–Trinajstić information content (AvgIpc) is 2.34. The Kier molecular flexibility index (Phi) is 2.08. The average molecular weight is 152 g/mol. The fourth-order valence-electron chi connectivity index (χ4n) is 0.835. The zero-order valence-corrected chi connectivity index (χ0v) is 7.03. The van der Waals surface area contributed by atoms with Crippen LogP contribution in [-0.2, 0) is 4.79 Å². The van der Waals surface area contributed by atoms with E-state index in [1.165, 1.54) is 0 Å². The van der Waals surface area contributed by atoms with E-state index in [1.807, 2.05) is 26.1 Å². The number of carbonyl (C=O) groups excluding carboxylic acids is 1. The van der Waals surface area contributed by atoms with E-state index in [0.29, 0.717) is 0 Å². The molecule has 1 atom stereocenters. The minimum atomic E-state index is -0.135. The van der Waals surface area contributed by atoms with E-state index in [2.05, 4.69) is 5.10 Å². The molecule has 0 aliphatic rings. The van der Waals surface area contributed by atoms with Crippen LogP contribution in [0.1, 0.15) is 25.6 Å². The summed E-state index contributed by atoms with van der Waals surface area (Å²) in [4.78, 5) is 10.9. The number of aromatic nitrogens is 2. The molecule has 0 amide bonds. The molecule has 3 heteroatoms. The number of aryl methyl sites for hydroxylation is 1. The highest BCUT2D eigenvalue weighted by molar-refractivity contribution is 5.79. The van der Waals surface area contributed by atoms with Crippen molar-refractivity contribution < 1.29 is 4.79 Å². The van der Waals surface area contributed by atoms with Crippen molar-refractivity contribution in [1.82, 2.24) is 9.78 Å². The zero-order valence-electron chi connectivity index (χ0n) is 7.03. The Hall–Kier alpha value is -1.12. The summed E-state index contributed by atoms with van der Waals surface area (Å²) in [5, 5.41) is 4.13. The van der Waals surface area contributed by atoms with Gasteiger partial charge in [0.1, 0.15) is 6.04 Å². The fraction of sp³-hybridized carbons (Fsp3) is 0.500. The van der Waals surface area contributed by atoms with Gasteiger partial charge in [0.25, 0.3) is 0 Å². The Bertz CT molecular complexity index is 265. The second-order valence-electron chi connectivity index (χ2n) is 2.72. The van der Waals surface area contributed by atoms with Crippen LogP contribution in [-0.4, -0.2) is 15.6 Å². The van der Waals surface area contributed by atoms with Gasteiger partial charge in [-0.15, -0.1) is 0 Å². The van der Waals surface area contributed by atoms with E-state index in [0.717, 1.165) is 5.69 Å². The van der Waals surface area contributed by atoms with Crippen LogP contribution in [0.25, 0.3) is 0 Å². The highest BCUT2D eigenvalue weighted by atomic mass is 16.1. The lowest BCUT2D eigenvalue weighted by atomic mass is 10.2. The van der Waals surface area contributed by atoms with Crippen molar-refractivity contribution in [2.45, 2.75) is 26.8 Å². The summed E-state index contributed by atoms with van der Waals surface area (Å²) in [6, 6.07) is 1.75. The normalized spacial score (nSPS) is 13.0. The summed E-state index contributed by atoms with van der Waals surface area (Å²) < 4.78 is 1.68. The predicted molar refractivity (Wildman–Crippen MR) is 42.4 cm³/mol. The van der Waals surface area contributed by atoms with Gasteiger partial charge in [0.2, 0.25) is 0 Å². The molecular formula is C8H12N2O. The molecule has 0 aliphatic heterocycles. The van der Waals surface area contributed by atoms with Crippen LogP contribution in [0.3, 0.4) is 0 Å². The smallest absolute Gasteiger partial charge is 0.154 e. The molecule has 0 bridgehead atoms. The van der Waals surface area contributed by atoms with Crippen LogP contribution in [0.5, 0.6) is 0 Å². The number of ketones is 1. The lowest BCUT2D eigenvalue weighted by molar-refractivity contribution is -0.119. The number of Topliss-reactive ketones (excluding diaryl/α,β-unsaturated/α-hetero) is 1. The molecule has 1 rings (SSSR count). The third kappa shape index (κ3) is 1.67. The fourth-order valence-corrected chi connectivity index (χ4v) is 0.835. The Morgan fingerprint density at radius 1 is 1.73 bits per heavy atom. The molecular weight excluding hydrogens is 140 g/mol. The monoisotopic (exact) mass is 152 g/mol. The van der Waals surface area contributed by atoms with Crippen LogP contribution in [0.15, 0.2) is 12.3 Å². The van der Waals surface area contributed by atoms with Gasteiger partial charge >= 0.3 is 0 Å². The van der Waals surface area contributed by atoms with Gasteiger partial charge in [-0.1, -0.05) is 0 Å². The van der Waals surface area contributed by atoms with Crippen molar-refractivity contribution in [3.8, 4) is 0 Å². The first kappa shape index (κ1) is 7.98. The number of hydrogen-bond acceptors (Lipinski definition) is 2. The van der Waals surface area contributed by atoms with Crippen molar-refractivity contribution in [2.24, 2.45) is 0 Å². The van der Waals surface area contributed by atoms with Crippen molar-refractivity contribution in [2.75, 3.05) is 0 Å². The first-order valence-corrected chi connectivity index (χ1v) is 3.63. The van der Waals surface area contributed by atoms with Crippen LogP contribution < -0.4 is 0 Å². The van der Waals surface area contributed by atoms with Crippen LogP contribution in [0.2, 0.25) is 0 Å². The second kappa shape index (κ2) is 2.86. The summed E-state index contributed by atoms with van der Waals surface area (Å²) in [7, 11) is 0. The molecule has 0 saturated carbocycles. The van der Waals surface area contributed by atoms with E-state index >= 15 is 0 Å². The Balaban J connectivity index is 2.84. The molecule has 1 heterocycles. The maximum atomic E-state index is 10.9. The van der Waals surface area contributed by atoms with Gasteiger partial charge < -0.3 is 0 Å². The third-order valence-electron chi connectivity index (χ3n) is 1.73. The van der Waals surface area contributed by atoms with Crippen molar-refractivity contribution in [3.63, 3.8) is 0 Å². The van der Waals surface area contributed by atoms with E-state index in [9.17, 15) is 4.79 Å². The molecule has 0 spiro atoms. The first-order valence-electron chi connectivity index (χ1n) is 3.63. The molecule has 3 nitrogen and oxygen atoms in total. The lowest BCUT2D eigenvalue weighted by Gasteiger charge is -2.06. The largest absolute Gasteiger partial charge is 0.298 e. The zero-order chi connectivity index (χ0) is 8.43. The van der Waals surface area contributed by atoms with E-state index in [1.54, 1.807) is 11.6 Å². The van der Waals surface area contributed by atoms with E-state index < -0.39 is 0 Å². The molecule has 0 fully saturated rings. The minimum Gasteiger partial charge on any atom is -0.298 e. The molecule has 11 heavy (non-hydrogen) atoms. The summed E-state index contributed by atoms with van der Waals surface area (Å²) in [5.41, 5.74) is 0.943. The Morgan fingerprint density at radius 3 is 2.73 bits per heavy atom. The molecule has 0 aromatic carbocycles. The summed E-state index contributed by atoms with van der Waals surface area (Å²) in [6.07, 6.45) is 1.82. The third-order valence-corrected chi connectivity index (χ3v) is 1.73. The predicted octanol–water partition coefficient (Wildman–Crippen LogP) is 1.34. The van der Waals surface area contributed by atoms with Crippen LogP contribution in [0.4, 0.5) is 0 Å². The first-order chi connectivity index (χ1) is 5.11. The van der Waals surface area contributed by atoms with Gasteiger partial charge in [0.15, 0.2) is 5.78 Å². The number of nitrogens with zero attached hydrogens (tertiary/aromatic N) is 2. The van der Waals surface area contributed by atoms with E-state index in [4.69, 9.17) is 0 Å². The molecule has 1 aromatic heterocycles. The molecule has 1 aromatic rings. The molecule has 0 radical (unpaired) electrons. The highest BCUT2D eigenvalue weighted by Gasteiger charge is 2.09. The second-order valence-corrected chi connectivity index (χ2v) is 2.72. The van der Waals surface area contributed by atoms with Crippen molar-refractivity contribution in [1.29, 1.82) is 0 Å². The molecule has 0 aliphatic carbocycles.